The summed E-state index contributed by atoms with van der Waals surface area (Å²) >= 11 is 0. The standard InChI is InChI=1S/C14H19N/c1-9-8-11(9)6-7-12-10(2)13-4-3-5-14(12)15-13/h6-7,9,13-15H,2-5,8H2,1H3/b11-6+,12-7+. The molecule has 3 rings (SSSR count). The third-order valence-corrected chi connectivity index (χ3v) is 4.05. The largest absolute Gasteiger partial charge is 0.303 e. The van der Waals surface area contributed by atoms with Crippen molar-refractivity contribution in [1.82, 2.24) is 5.32 Å². The monoisotopic (exact) mass is 201 g/mol. The lowest BCUT2D eigenvalue weighted by Crippen LogP contribution is -2.34. The van der Waals surface area contributed by atoms with Gasteiger partial charge in [-0.1, -0.05) is 31.2 Å². The molecule has 0 radical (unpaired) electrons. The minimum Gasteiger partial charge on any atom is -0.303 e. The van der Waals surface area contributed by atoms with Crippen LogP contribution in [0, 0.1) is 5.92 Å². The molecule has 2 bridgehead atoms. The van der Waals surface area contributed by atoms with Crippen LogP contribution >= 0.6 is 0 Å². The van der Waals surface area contributed by atoms with Crippen LogP contribution in [0.25, 0.3) is 0 Å². The minimum absolute atomic E-state index is 0.574. The van der Waals surface area contributed by atoms with E-state index in [1.54, 1.807) is 5.57 Å². The SMILES string of the molecule is C=C1/C(=C\C=C2/CC2C)C2CCCC1N2. The van der Waals surface area contributed by atoms with Gasteiger partial charge in [-0.25, -0.2) is 0 Å². The van der Waals surface area contributed by atoms with Gasteiger partial charge in [-0.3, -0.25) is 0 Å². The molecular weight excluding hydrogens is 182 g/mol. The van der Waals surface area contributed by atoms with Crippen molar-refractivity contribution in [3.05, 3.63) is 35.5 Å². The van der Waals surface area contributed by atoms with Gasteiger partial charge in [-0.15, -0.1) is 0 Å². The van der Waals surface area contributed by atoms with Crippen LogP contribution in [0.1, 0.15) is 32.6 Å². The third kappa shape index (κ3) is 1.59. The lowest BCUT2D eigenvalue weighted by Gasteiger charge is -2.19. The molecule has 3 atom stereocenters. The molecule has 2 aliphatic heterocycles. The smallest absolute Gasteiger partial charge is 0.0328 e. The number of fused-ring (bicyclic) bond motifs is 2. The van der Waals surface area contributed by atoms with Gasteiger partial charge in [0.2, 0.25) is 0 Å². The molecule has 0 spiro atoms. The highest BCUT2D eigenvalue weighted by molar-refractivity contribution is 5.46. The molecule has 1 nitrogen and oxygen atoms in total. The van der Waals surface area contributed by atoms with Crippen LogP contribution in [-0.4, -0.2) is 12.1 Å². The summed E-state index contributed by atoms with van der Waals surface area (Å²) in [4.78, 5) is 0. The highest BCUT2D eigenvalue weighted by Gasteiger charge is 2.34. The molecule has 0 aromatic carbocycles. The summed E-state index contributed by atoms with van der Waals surface area (Å²) in [5.74, 6) is 0.837. The van der Waals surface area contributed by atoms with E-state index in [4.69, 9.17) is 0 Å². The second kappa shape index (κ2) is 3.34. The van der Waals surface area contributed by atoms with E-state index in [9.17, 15) is 0 Å². The van der Waals surface area contributed by atoms with Gasteiger partial charge >= 0.3 is 0 Å². The van der Waals surface area contributed by atoms with Gasteiger partial charge in [0, 0.05) is 12.1 Å². The van der Waals surface area contributed by atoms with Gasteiger partial charge in [0.15, 0.2) is 0 Å². The Kier molecular flexibility index (Phi) is 2.10. The number of piperidine rings is 1. The first kappa shape index (κ1) is 9.41. The van der Waals surface area contributed by atoms with E-state index in [0.717, 1.165) is 5.92 Å². The molecule has 0 aromatic heterocycles. The molecule has 0 aromatic rings. The van der Waals surface area contributed by atoms with Crippen molar-refractivity contribution in [3.63, 3.8) is 0 Å². The van der Waals surface area contributed by atoms with Crippen molar-refractivity contribution in [3.8, 4) is 0 Å². The van der Waals surface area contributed by atoms with Crippen LogP contribution in [0.3, 0.4) is 0 Å². The summed E-state index contributed by atoms with van der Waals surface area (Å²) in [6.07, 6.45) is 9.88. The lowest BCUT2D eigenvalue weighted by atomic mass is 10.0. The average molecular weight is 201 g/mol. The molecular formula is C14H19N. The molecule has 1 saturated carbocycles. The summed E-state index contributed by atoms with van der Waals surface area (Å²) in [5.41, 5.74) is 4.43. The first-order valence-electron chi connectivity index (χ1n) is 6.11. The van der Waals surface area contributed by atoms with Crippen LogP contribution in [0.5, 0.6) is 0 Å². The fourth-order valence-corrected chi connectivity index (χ4v) is 2.83. The molecule has 3 aliphatic rings. The average Bonchev–Trinajstić information content (AvgIpc) is 2.90. The molecule has 3 unspecified atom stereocenters. The maximum Gasteiger partial charge on any atom is 0.0328 e. The quantitative estimate of drug-likeness (QED) is 0.687. The normalized spacial score (nSPS) is 44.1. The van der Waals surface area contributed by atoms with Gasteiger partial charge in [0.05, 0.1) is 0 Å². The van der Waals surface area contributed by atoms with Crippen molar-refractivity contribution >= 4 is 0 Å². The molecule has 2 saturated heterocycles. The van der Waals surface area contributed by atoms with E-state index in [1.807, 2.05) is 0 Å². The van der Waals surface area contributed by atoms with E-state index in [2.05, 4.69) is 31.0 Å². The predicted molar refractivity (Wildman–Crippen MR) is 63.6 cm³/mol. The Bertz CT molecular complexity index is 362. The predicted octanol–water partition coefficient (Wildman–Crippen LogP) is 2.96. The van der Waals surface area contributed by atoms with E-state index in [-0.39, 0.29) is 0 Å². The maximum atomic E-state index is 4.24. The number of rotatable bonds is 1. The van der Waals surface area contributed by atoms with Gasteiger partial charge in [0.25, 0.3) is 0 Å². The Morgan fingerprint density at radius 3 is 2.67 bits per heavy atom. The molecule has 1 heteroatoms. The van der Waals surface area contributed by atoms with E-state index in [1.165, 1.54) is 36.8 Å². The van der Waals surface area contributed by atoms with Crippen molar-refractivity contribution in [2.24, 2.45) is 5.92 Å². The fourth-order valence-electron chi connectivity index (χ4n) is 2.83. The molecule has 3 fully saturated rings. The van der Waals surface area contributed by atoms with Crippen LogP contribution in [-0.2, 0) is 0 Å². The first-order chi connectivity index (χ1) is 7.25. The zero-order valence-corrected chi connectivity index (χ0v) is 9.42. The Balaban J connectivity index is 1.83. The molecule has 1 N–H and O–H groups in total. The van der Waals surface area contributed by atoms with Crippen molar-refractivity contribution in [1.29, 1.82) is 0 Å². The first-order valence-corrected chi connectivity index (χ1v) is 6.11. The van der Waals surface area contributed by atoms with Gasteiger partial charge in [-0.05, 0) is 42.7 Å². The van der Waals surface area contributed by atoms with Crippen LogP contribution < -0.4 is 5.32 Å². The highest BCUT2D eigenvalue weighted by atomic mass is 15.0. The van der Waals surface area contributed by atoms with Crippen molar-refractivity contribution < 1.29 is 0 Å². The van der Waals surface area contributed by atoms with Crippen LogP contribution in [0.2, 0.25) is 0 Å². The van der Waals surface area contributed by atoms with Gasteiger partial charge in [0.1, 0.15) is 0 Å². The Hall–Kier alpha value is -0.820. The second-order valence-corrected chi connectivity index (χ2v) is 5.20. The molecule has 0 amide bonds. The molecule has 15 heavy (non-hydrogen) atoms. The van der Waals surface area contributed by atoms with E-state index >= 15 is 0 Å². The number of hydrogen-bond acceptors (Lipinski definition) is 1. The van der Waals surface area contributed by atoms with Gasteiger partial charge < -0.3 is 5.32 Å². The molecule has 1 aliphatic carbocycles. The Morgan fingerprint density at radius 1 is 1.27 bits per heavy atom. The third-order valence-electron chi connectivity index (χ3n) is 4.05. The maximum absolute atomic E-state index is 4.24. The number of allylic oxidation sites excluding steroid dienone is 3. The Morgan fingerprint density at radius 2 is 2.00 bits per heavy atom. The highest BCUT2D eigenvalue weighted by Crippen LogP contribution is 2.38. The summed E-state index contributed by atoms with van der Waals surface area (Å²) in [7, 11) is 0. The fraction of sp³-hybridized carbons (Fsp3) is 0.571. The summed E-state index contributed by atoms with van der Waals surface area (Å²) in [6.45, 7) is 6.53. The summed E-state index contributed by atoms with van der Waals surface area (Å²) < 4.78 is 0. The van der Waals surface area contributed by atoms with E-state index in [0.29, 0.717) is 12.1 Å². The minimum atomic E-state index is 0.574. The second-order valence-electron chi connectivity index (χ2n) is 5.20. The zero-order valence-electron chi connectivity index (χ0n) is 9.42. The number of nitrogens with one attached hydrogen (secondary N) is 1. The topological polar surface area (TPSA) is 12.0 Å². The van der Waals surface area contributed by atoms with Crippen LogP contribution in [0.4, 0.5) is 0 Å². The molecule has 80 valence electrons. The lowest BCUT2D eigenvalue weighted by molar-refractivity contribution is 0.430. The zero-order chi connectivity index (χ0) is 10.4. The summed E-state index contributed by atoms with van der Waals surface area (Å²) in [6, 6.07) is 1.17. The summed E-state index contributed by atoms with van der Waals surface area (Å²) in [5, 5.41) is 3.65. The van der Waals surface area contributed by atoms with Crippen molar-refractivity contribution in [2.75, 3.05) is 0 Å². The van der Waals surface area contributed by atoms with Crippen molar-refractivity contribution in [2.45, 2.75) is 44.7 Å². The van der Waals surface area contributed by atoms with Gasteiger partial charge in [-0.2, -0.15) is 0 Å². The Labute approximate surface area is 91.9 Å². The van der Waals surface area contributed by atoms with E-state index < -0.39 is 0 Å². The van der Waals surface area contributed by atoms with Crippen LogP contribution in [0.15, 0.2) is 35.5 Å². The molecule has 2 heterocycles. The number of hydrogen-bond donors (Lipinski definition) is 1.